The van der Waals surface area contributed by atoms with Gasteiger partial charge in [0, 0.05) is 46.7 Å². The molecule has 0 N–H and O–H groups in total. The lowest BCUT2D eigenvalue weighted by Gasteiger charge is -2.28. The second-order valence-electron chi connectivity index (χ2n) is 17.3. The third-order valence-corrected chi connectivity index (χ3v) is 13.1. The summed E-state index contributed by atoms with van der Waals surface area (Å²) in [5.74, 6) is 3.30. The molecule has 2 aliphatic rings. The number of nitrogens with zero attached hydrogens (tertiary/aromatic N) is 2. The van der Waals surface area contributed by atoms with Crippen LogP contribution in [-0.2, 0) is 12.8 Å². The van der Waals surface area contributed by atoms with Crippen LogP contribution in [0.25, 0.3) is 22.3 Å². The Morgan fingerprint density at radius 2 is 0.800 bits per heavy atom. The van der Waals surface area contributed by atoms with E-state index in [4.69, 9.17) is 9.97 Å². The van der Waals surface area contributed by atoms with E-state index < -0.39 is 0 Å². The Balaban J connectivity index is 0.000000211. The highest BCUT2D eigenvalue weighted by Gasteiger charge is 2.24. The van der Waals surface area contributed by atoms with Gasteiger partial charge in [-0.25, -0.2) is 0 Å². The highest BCUT2D eigenvalue weighted by molar-refractivity contribution is 5.63. The van der Waals surface area contributed by atoms with Crippen molar-refractivity contribution < 1.29 is 0 Å². The number of pyridine rings is 2. The molecule has 4 aromatic rings. The number of rotatable bonds is 19. The number of benzene rings is 2. The van der Waals surface area contributed by atoms with Crippen LogP contribution in [0.5, 0.6) is 0 Å². The molecular formula is C53H76N2. The van der Waals surface area contributed by atoms with E-state index in [0.717, 1.165) is 18.3 Å². The van der Waals surface area contributed by atoms with Crippen LogP contribution in [0.15, 0.2) is 85.2 Å². The normalized spacial score (nSPS) is 19.8. The standard InChI is InChI=1S/C27H39N.C26H37N/c1-3-5-6-7-8-10-23-13-17-25(18-14-23)27-20-19-26(21-28-27)24-15-11-22(9-4-2)12-16-24;1-3-5-6-7-8-9-22-12-16-24(17-13-22)26-19-18-25(20-27-26)23-14-10-21(4-2)11-15-23/h11-12,15-16,19-21,23,25H,3-10,13-14,17-18H2,1-2H3;10-11,14-15,18-20,22,24H,3-9,12-13,16-17H2,1-2H3. The van der Waals surface area contributed by atoms with Crippen LogP contribution in [0, 0.1) is 11.8 Å². The monoisotopic (exact) mass is 741 g/mol. The molecule has 2 heteroatoms. The minimum atomic E-state index is 0.678. The summed E-state index contributed by atoms with van der Waals surface area (Å²) in [5, 5.41) is 0. The first-order chi connectivity index (χ1) is 27.1. The summed E-state index contributed by atoms with van der Waals surface area (Å²) in [7, 11) is 0. The highest BCUT2D eigenvalue weighted by atomic mass is 14.7. The van der Waals surface area contributed by atoms with E-state index in [0.29, 0.717) is 11.8 Å². The third-order valence-electron chi connectivity index (χ3n) is 13.1. The smallest absolute Gasteiger partial charge is 0.0434 e. The topological polar surface area (TPSA) is 25.8 Å². The maximum atomic E-state index is 4.86. The van der Waals surface area contributed by atoms with E-state index in [9.17, 15) is 0 Å². The maximum absolute atomic E-state index is 4.86. The van der Waals surface area contributed by atoms with E-state index in [1.54, 1.807) is 0 Å². The van der Waals surface area contributed by atoms with E-state index in [1.165, 1.54) is 186 Å². The molecule has 0 spiro atoms. The quantitative estimate of drug-likeness (QED) is 0.0895. The van der Waals surface area contributed by atoms with Gasteiger partial charge in [-0.05, 0) is 110 Å². The Labute approximate surface area is 337 Å². The fraction of sp³-hybridized carbons (Fsp3) is 0.585. The second-order valence-corrected chi connectivity index (χ2v) is 17.3. The molecule has 0 atom stereocenters. The van der Waals surface area contributed by atoms with Crippen molar-refractivity contribution in [3.8, 4) is 22.3 Å². The Bertz CT molecular complexity index is 1550. The molecule has 0 saturated heterocycles. The van der Waals surface area contributed by atoms with Crippen LogP contribution in [0.2, 0.25) is 0 Å². The number of hydrogen-bond acceptors (Lipinski definition) is 2. The zero-order chi connectivity index (χ0) is 38.5. The molecule has 2 heterocycles. The first-order valence-corrected chi connectivity index (χ1v) is 23.2. The van der Waals surface area contributed by atoms with Crippen molar-refractivity contribution in [2.75, 3.05) is 0 Å². The Morgan fingerprint density at radius 1 is 0.400 bits per heavy atom. The summed E-state index contributed by atoms with van der Waals surface area (Å²) >= 11 is 0. The van der Waals surface area contributed by atoms with Crippen molar-refractivity contribution in [1.82, 2.24) is 9.97 Å². The molecule has 2 aromatic heterocycles. The van der Waals surface area contributed by atoms with Gasteiger partial charge in [0.2, 0.25) is 0 Å². The van der Waals surface area contributed by atoms with Gasteiger partial charge in [-0.3, -0.25) is 9.97 Å². The molecule has 2 nitrogen and oxygen atoms in total. The predicted octanol–water partition coefficient (Wildman–Crippen LogP) is 16.3. The molecule has 55 heavy (non-hydrogen) atoms. The zero-order valence-corrected chi connectivity index (χ0v) is 35.6. The maximum Gasteiger partial charge on any atom is 0.0434 e. The molecule has 0 radical (unpaired) electrons. The fourth-order valence-corrected chi connectivity index (χ4v) is 9.29. The molecule has 0 unspecified atom stereocenters. The highest BCUT2D eigenvalue weighted by Crippen LogP contribution is 2.39. The molecule has 0 aliphatic heterocycles. The van der Waals surface area contributed by atoms with E-state index in [2.05, 4.69) is 113 Å². The number of unbranched alkanes of at least 4 members (excludes halogenated alkanes) is 8. The molecule has 0 amide bonds. The number of aromatic nitrogens is 2. The van der Waals surface area contributed by atoms with Crippen LogP contribution in [0.4, 0.5) is 0 Å². The first-order valence-electron chi connectivity index (χ1n) is 23.2. The molecule has 298 valence electrons. The summed E-state index contributed by atoms with van der Waals surface area (Å²) in [5.41, 5.74) is 10.5. The van der Waals surface area contributed by atoms with Gasteiger partial charge in [0.05, 0.1) is 0 Å². The van der Waals surface area contributed by atoms with Crippen LogP contribution in [-0.4, -0.2) is 9.97 Å². The van der Waals surface area contributed by atoms with Crippen molar-refractivity contribution in [2.24, 2.45) is 11.8 Å². The molecule has 2 aromatic carbocycles. The summed E-state index contributed by atoms with van der Waals surface area (Å²) < 4.78 is 0. The van der Waals surface area contributed by atoms with Crippen molar-refractivity contribution in [3.63, 3.8) is 0 Å². The number of aryl methyl sites for hydroxylation is 2. The predicted molar refractivity (Wildman–Crippen MR) is 239 cm³/mol. The minimum absolute atomic E-state index is 0.678. The lowest BCUT2D eigenvalue weighted by atomic mass is 9.78. The minimum Gasteiger partial charge on any atom is -0.260 e. The molecular weight excluding hydrogens is 665 g/mol. The van der Waals surface area contributed by atoms with Gasteiger partial charge >= 0.3 is 0 Å². The van der Waals surface area contributed by atoms with E-state index in [1.807, 2.05) is 0 Å². The van der Waals surface area contributed by atoms with Crippen molar-refractivity contribution in [1.29, 1.82) is 0 Å². The molecule has 2 saturated carbocycles. The second kappa shape index (κ2) is 24.4. The average Bonchev–Trinajstić information content (AvgIpc) is 3.25. The van der Waals surface area contributed by atoms with Crippen molar-refractivity contribution in [2.45, 2.75) is 187 Å². The van der Waals surface area contributed by atoms with Crippen molar-refractivity contribution >= 4 is 0 Å². The van der Waals surface area contributed by atoms with Crippen molar-refractivity contribution in [3.05, 3.63) is 108 Å². The molecule has 2 fully saturated rings. The number of hydrogen-bond donors (Lipinski definition) is 0. The first kappa shape index (κ1) is 42.9. The molecule has 2 aliphatic carbocycles. The van der Waals surface area contributed by atoms with Crippen LogP contribution in [0.1, 0.15) is 197 Å². The van der Waals surface area contributed by atoms with Gasteiger partial charge in [0.1, 0.15) is 0 Å². The summed E-state index contributed by atoms with van der Waals surface area (Å²) in [6.07, 6.45) is 35.6. The Morgan fingerprint density at radius 3 is 1.16 bits per heavy atom. The van der Waals surface area contributed by atoms with E-state index in [-0.39, 0.29) is 0 Å². The van der Waals surface area contributed by atoms with Gasteiger partial charge < -0.3 is 0 Å². The lowest BCUT2D eigenvalue weighted by molar-refractivity contribution is 0.299. The van der Waals surface area contributed by atoms with Gasteiger partial charge in [0.25, 0.3) is 0 Å². The average molecular weight is 741 g/mol. The summed E-state index contributed by atoms with van der Waals surface area (Å²) in [6.45, 7) is 9.03. The summed E-state index contributed by atoms with van der Waals surface area (Å²) in [6, 6.07) is 27.0. The van der Waals surface area contributed by atoms with Gasteiger partial charge in [0.15, 0.2) is 0 Å². The van der Waals surface area contributed by atoms with Gasteiger partial charge in [-0.2, -0.15) is 0 Å². The van der Waals surface area contributed by atoms with Crippen LogP contribution >= 0.6 is 0 Å². The van der Waals surface area contributed by atoms with Gasteiger partial charge in [-0.15, -0.1) is 0 Å². The van der Waals surface area contributed by atoms with E-state index >= 15 is 0 Å². The zero-order valence-electron chi connectivity index (χ0n) is 35.6. The summed E-state index contributed by atoms with van der Waals surface area (Å²) in [4.78, 5) is 9.70. The SMILES string of the molecule is CCCCCCCC1CCC(c2ccc(-c3ccc(CC)cc3)cn2)CC1.CCCCCCCC1CCC(c2ccc(-c3ccc(CCC)cc3)cn2)CC1. The lowest BCUT2D eigenvalue weighted by Crippen LogP contribution is -2.14. The molecule has 6 rings (SSSR count). The van der Waals surface area contributed by atoms with Gasteiger partial charge in [-0.1, -0.05) is 172 Å². The Kier molecular flexibility index (Phi) is 19.0. The van der Waals surface area contributed by atoms with Crippen LogP contribution in [0.3, 0.4) is 0 Å². The molecule has 0 bridgehead atoms. The Hall–Kier alpha value is -3.26. The van der Waals surface area contributed by atoms with Crippen LogP contribution < -0.4 is 0 Å². The largest absolute Gasteiger partial charge is 0.260 e. The fourth-order valence-electron chi connectivity index (χ4n) is 9.29. The third kappa shape index (κ3) is 14.3.